The van der Waals surface area contributed by atoms with Gasteiger partial charge in [-0.25, -0.2) is 4.98 Å². The highest BCUT2D eigenvalue weighted by molar-refractivity contribution is 9.10. The van der Waals surface area contributed by atoms with E-state index in [9.17, 15) is 4.79 Å². The summed E-state index contributed by atoms with van der Waals surface area (Å²) in [5.41, 5.74) is 11.3. The van der Waals surface area contributed by atoms with Gasteiger partial charge in [-0.3, -0.25) is 4.79 Å². The highest BCUT2D eigenvalue weighted by Crippen LogP contribution is 2.38. The van der Waals surface area contributed by atoms with Crippen molar-refractivity contribution in [1.82, 2.24) is 4.98 Å². The Hall–Kier alpha value is -1.44. The number of carbonyl (C=O) groups excluding carboxylic acids is 1. The van der Waals surface area contributed by atoms with Crippen LogP contribution in [0.25, 0.3) is 0 Å². The minimum Gasteiger partial charge on any atom is -0.368 e. The lowest BCUT2D eigenvalue weighted by Gasteiger charge is -2.21. The molecule has 0 radical (unpaired) electrons. The number of nitrogens with zero attached hydrogens (tertiary/aromatic N) is 2. The van der Waals surface area contributed by atoms with Gasteiger partial charge in [-0.05, 0) is 28.1 Å². The third-order valence-corrected chi connectivity index (χ3v) is 4.56. The molecule has 0 saturated heterocycles. The van der Waals surface area contributed by atoms with E-state index in [4.69, 9.17) is 5.73 Å². The number of hydrogen-bond donors (Lipinski definition) is 2. The van der Waals surface area contributed by atoms with E-state index in [0.717, 1.165) is 27.1 Å². The molecule has 1 aromatic carbocycles. The van der Waals surface area contributed by atoms with Gasteiger partial charge in [-0.2, -0.15) is 0 Å². The second-order valence-corrected chi connectivity index (χ2v) is 6.27. The molecule has 0 saturated carbocycles. The van der Waals surface area contributed by atoms with Crippen molar-refractivity contribution in [3.63, 3.8) is 0 Å². The van der Waals surface area contributed by atoms with E-state index in [1.165, 1.54) is 0 Å². The molecule has 2 aromatic rings. The molecule has 1 amide bonds. The number of thiazole rings is 1. The fourth-order valence-corrected chi connectivity index (χ4v) is 3.44. The third kappa shape index (κ3) is 2.32. The predicted octanol–water partition coefficient (Wildman–Crippen LogP) is 2.49. The Morgan fingerprint density at radius 1 is 1.55 bits per heavy atom. The molecule has 104 valence electrons. The lowest BCUT2D eigenvalue weighted by molar-refractivity contribution is -0.116. The van der Waals surface area contributed by atoms with Crippen molar-refractivity contribution in [2.45, 2.75) is 12.6 Å². The zero-order chi connectivity index (χ0) is 14.3. The Morgan fingerprint density at radius 2 is 2.35 bits per heavy atom. The van der Waals surface area contributed by atoms with Crippen molar-refractivity contribution < 1.29 is 4.79 Å². The second-order valence-electron chi connectivity index (χ2n) is 4.69. The normalized spacial score (nSPS) is 16.9. The van der Waals surface area contributed by atoms with Crippen LogP contribution < -0.4 is 16.0 Å². The first kappa shape index (κ1) is 13.5. The number of fused-ring (bicyclic) bond motifs is 1. The molecule has 7 heteroatoms. The maximum absolute atomic E-state index is 11.6. The Morgan fingerprint density at radius 3 is 3.05 bits per heavy atom. The van der Waals surface area contributed by atoms with Crippen LogP contribution in [0.3, 0.4) is 0 Å². The standard InChI is InChI=1S/C13H13BrN4OS/c1-18(4-7-5-20-6-16-7)11-3-10-8(2-9(11)14)12(15)13(19)17-10/h2-3,5-6,12H,4,15H2,1H3,(H,17,19). The summed E-state index contributed by atoms with van der Waals surface area (Å²) >= 11 is 5.13. The van der Waals surface area contributed by atoms with Crippen LogP contribution in [0.15, 0.2) is 27.5 Å². The maximum atomic E-state index is 11.6. The highest BCUT2D eigenvalue weighted by Gasteiger charge is 2.28. The first-order chi connectivity index (χ1) is 9.56. The molecular formula is C13H13BrN4OS. The number of nitrogens with two attached hydrogens (primary N) is 1. The summed E-state index contributed by atoms with van der Waals surface area (Å²) < 4.78 is 0.918. The minimum atomic E-state index is -0.584. The van der Waals surface area contributed by atoms with Crippen LogP contribution in [0.1, 0.15) is 17.3 Å². The first-order valence-electron chi connectivity index (χ1n) is 6.04. The summed E-state index contributed by atoms with van der Waals surface area (Å²) in [6.07, 6.45) is 0. The number of hydrogen-bond acceptors (Lipinski definition) is 5. The third-order valence-electron chi connectivity index (χ3n) is 3.29. The summed E-state index contributed by atoms with van der Waals surface area (Å²) in [6, 6.07) is 3.26. The fraction of sp³-hybridized carbons (Fsp3) is 0.231. The average molecular weight is 353 g/mol. The second kappa shape index (κ2) is 5.16. The number of amides is 1. The molecule has 0 aliphatic carbocycles. The summed E-state index contributed by atoms with van der Waals surface area (Å²) in [6.45, 7) is 0.709. The number of benzene rings is 1. The Bertz CT molecular complexity index is 659. The van der Waals surface area contributed by atoms with Gasteiger partial charge >= 0.3 is 0 Å². The molecule has 3 N–H and O–H groups in total. The molecule has 20 heavy (non-hydrogen) atoms. The van der Waals surface area contributed by atoms with Gasteiger partial charge in [0.2, 0.25) is 5.91 Å². The van der Waals surface area contributed by atoms with E-state index in [1.807, 2.05) is 30.1 Å². The van der Waals surface area contributed by atoms with E-state index in [-0.39, 0.29) is 5.91 Å². The van der Waals surface area contributed by atoms with Crippen LogP contribution in [-0.2, 0) is 11.3 Å². The smallest absolute Gasteiger partial charge is 0.245 e. The van der Waals surface area contributed by atoms with Crippen molar-refractivity contribution in [2.24, 2.45) is 5.73 Å². The monoisotopic (exact) mass is 352 g/mol. The van der Waals surface area contributed by atoms with Crippen molar-refractivity contribution >= 4 is 44.5 Å². The summed E-state index contributed by atoms with van der Waals surface area (Å²) in [5.74, 6) is -0.161. The van der Waals surface area contributed by atoms with Gasteiger partial charge in [-0.1, -0.05) is 0 Å². The lowest BCUT2D eigenvalue weighted by atomic mass is 10.1. The minimum absolute atomic E-state index is 0.161. The molecular weight excluding hydrogens is 340 g/mol. The van der Waals surface area contributed by atoms with E-state index in [0.29, 0.717) is 6.54 Å². The van der Waals surface area contributed by atoms with Gasteiger partial charge in [-0.15, -0.1) is 11.3 Å². The number of carbonyl (C=O) groups is 1. The van der Waals surface area contributed by atoms with Gasteiger partial charge in [0.05, 0.1) is 23.4 Å². The molecule has 0 bridgehead atoms. The van der Waals surface area contributed by atoms with E-state index in [1.54, 1.807) is 11.3 Å². The van der Waals surface area contributed by atoms with Gasteiger partial charge < -0.3 is 16.0 Å². The maximum Gasteiger partial charge on any atom is 0.245 e. The van der Waals surface area contributed by atoms with E-state index >= 15 is 0 Å². The Labute approximate surface area is 128 Å². The number of anilines is 2. The average Bonchev–Trinajstić information content (AvgIpc) is 3.00. The molecule has 5 nitrogen and oxygen atoms in total. The summed E-state index contributed by atoms with van der Waals surface area (Å²) in [7, 11) is 1.99. The molecule has 3 rings (SSSR count). The van der Waals surface area contributed by atoms with Crippen LogP contribution in [0.4, 0.5) is 11.4 Å². The molecule has 1 aromatic heterocycles. The van der Waals surface area contributed by atoms with Gasteiger partial charge in [0.15, 0.2) is 0 Å². The molecule has 0 fully saturated rings. The first-order valence-corrected chi connectivity index (χ1v) is 7.78. The van der Waals surface area contributed by atoms with Crippen molar-refractivity contribution in [3.05, 3.63) is 38.8 Å². The van der Waals surface area contributed by atoms with Gasteiger partial charge in [0.25, 0.3) is 0 Å². The van der Waals surface area contributed by atoms with Crippen LogP contribution >= 0.6 is 27.3 Å². The summed E-state index contributed by atoms with van der Waals surface area (Å²) in [4.78, 5) is 18.0. The number of rotatable bonds is 3. The molecule has 2 heterocycles. The predicted molar refractivity (Wildman–Crippen MR) is 83.9 cm³/mol. The van der Waals surface area contributed by atoms with Crippen LogP contribution in [0, 0.1) is 0 Å². The molecule has 1 aliphatic heterocycles. The van der Waals surface area contributed by atoms with Crippen LogP contribution in [0.2, 0.25) is 0 Å². The zero-order valence-electron chi connectivity index (χ0n) is 10.8. The van der Waals surface area contributed by atoms with Crippen LogP contribution in [-0.4, -0.2) is 17.9 Å². The molecule has 1 aliphatic rings. The lowest BCUT2D eigenvalue weighted by Crippen LogP contribution is -2.19. The van der Waals surface area contributed by atoms with Crippen molar-refractivity contribution in [3.8, 4) is 0 Å². The van der Waals surface area contributed by atoms with Gasteiger partial charge in [0.1, 0.15) is 6.04 Å². The zero-order valence-corrected chi connectivity index (χ0v) is 13.2. The quantitative estimate of drug-likeness (QED) is 0.890. The van der Waals surface area contributed by atoms with Gasteiger partial charge in [0, 0.05) is 28.2 Å². The fourth-order valence-electron chi connectivity index (χ4n) is 2.23. The Kier molecular flexibility index (Phi) is 3.49. The van der Waals surface area contributed by atoms with E-state index < -0.39 is 6.04 Å². The number of nitrogens with one attached hydrogen (secondary N) is 1. The largest absolute Gasteiger partial charge is 0.368 e. The SMILES string of the molecule is CN(Cc1cscn1)c1cc2c(cc1Br)C(N)C(=O)N2. The number of halogens is 1. The highest BCUT2D eigenvalue weighted by atomic mass is 79.9. The number of aromatic nitrogens is 1. The van der Waals surface area contributed by atoms with Crippen molar-refractivity contribution in [1.29, 1.82) is 0 Å². The Balaban J connectivity index is 1.91. The topological polar surface area (TPSA) is 71.2 Å². The molecule has 0 spiro atoms. The molecule has 1 atom stereocenters. The van der Waals surface area contributed by atoms with E-state index in [2.05, 4.69) is 31.1 Å². The molecule has 1 unspecified atom stereocenters. The van der Waals surface area contributed by atoms with Crippen LogP contribution in [0.5, 0.6) is 0 Å². The van der Waals surface area contributed by atoms with Crippen molar-refractivity contribution in [2.75, 3.05) is 17.3 Å². The summed E-state index contributed by atoms with van der Waals surface area (Å²) in [5, 5.41) is 4.83.